The van der Waals surface area contributed by atoms with Gasteiger partial charge < -0.3 is 9.63 Å². The Bertz CT molecular complexity index is 612. The molecule has 0 spiro atoms. The average Bonchev–Trinajstić information content (AvgIpc) is 3.02. The van der Waals surface area contributed by atoms with Crippen LogP contribution >= 0.6 is 11.6 Å². The van der Waals surface area contributed by atoms with Gasteiger partial charge >= 0.3 is 0 Å². The van der Waals surface area contributed by atoms with E-state index in [9.17, 15) is 5.11 Å². The average molecular weight is 293 g/mol. The number of rotatable bonds is 3. The van der Waals surface area contributed by atoms with E-state index in [-0.39, 0.29) is 11.8 Å². The molecular formula is C15H17ClN2O2. The van der Waals surface area contributed by atoms with E-state index in [4.69, 9.17) is 16.1 Å². The van der Waals surface area contributed by atoms with Gasteiger partial charge in [0.05, 0.1) is 11.7 Å². The highest BCUT2D eigenvalue weighted by Gasteiger charge is 2.29. The first-order valence-corrected chi connectivity index (χ1v) is 7.16. The van der Waals surface area contributed by atoms with Crippen LogP contribution in [0.5, 0.6) is 5.75 Å². The van der Waals surface area contributed by atoms with Crippen LogP contribution in [0, 0.1) is 6.92 Å². The molecule has 2 heterocycles. The largest absolute Gasteiger partial charge is 0.508 e. The number of phenols is 1. The minimum absolute atomic E-state index is 0.231. The molecule has 1 N–H and O–H groups in total. The summed E-state index contributed by atoms with van der Waals surface area (Å²) in [5, 5.41) is 14.5. The number of aryl methyl sites for hydroxylation is 1. The fourth-order valence-electron chi connectivity index (χ4n) is 2.78. The van der Waals surface area contributed by atoms with Crippen molar-refractivity contribution in [3.05, 3.63) is 46.3 Å². The van der Waals surface area contributed by atoms with E-state index in [1.165, 1.54) is 0 Å². The predicted molar refractivity (Wildman–Crippen MR) is 76.7 cm³/mol. The normalized spacial score (nSPS) is 19.6. The molecule has 1 aromatic heterocycles. The maximum atomic E-state index is 9.94. The van der Waals surface area contributed by atoms with E-state index < -0.39 is 0 Å². The second-order valence-electron chi connectivity index (χ2n) is 5.27. The second-order valence-corrected chi connectivity index (χ2v) is 5.71. The molecule has 1 aromatic carbocycles. The summed E-state index contributed by atoms with van der Waals surface area (Å²) < 4.78 is 5.39. The molecule has 4 nitrogen and oxygen atoms in total. The lowest BCUT2D eigenvalue weighted by atomic mass is 10.1. The van der Waals surface area contributed by atoms with Crippen LogP contribution in [0.1, 0.15) is 35.9 Å². The first-order valence-electron chi connectivity index (χ1n) is 6.78. The van der Waals surface area contributed by atoms with Gasteiger partial charge in [0.15, 0.2) is 5.76 Å². The number of nitrogens with zero attached hydrogens (tertiary/aromatic N) is 2. The molecular weight excluding hydrogens is 276 g/mol. The first kappa shape index (κ1) is 13.5. The molecule has 1 aliphatic rings. The number of aromatic nitrogens is 1. The van der Waals surface area contributed by atoms with Crippen molar-refractivity contribution >= 4 is 11.6 Å². The number of aromatic hydroxyl groups is 1. The van der Waals surface area contributed by atoms with Crippen molar-refractivity contribution in [2.75, 3.05) is 6.54 Å². The van der Waals surface area contributed by atoms with Gasteiger partial charge in [0.2, 0.25) is 0 Å². The Balaban J connectivity index is 1.81. The molecule has 1 fully saturated rings. The molecule has 0 saturated carbocycles. The summed E-state index contributed by atoms with van der Waals surface area (Å²) in [6.45, 7) is 3.57. The molecule has 20 heavy (non-hydrogen) atoms. The lowest BCUT2D eigenvalue weighted by Gasteiger charge is -2.22. The van der Waals surface area contributed by atoms with Gasteiger partial charge in [-0.1, -0.05) is 16.8 Å². The van der Waals surface area contributed by atoms with Gasteiger partial charge in [0.1, 0.15) is 5.75 Å². The number of hydrogen-bond acceptors (Lipinski definition) is 4. The topological polar surface area (TPSA) is 49.5 Å². The van der Waals surface area contributed by atoms with Crippen molar-refractivity contribution < 1.29 is 9.63 Å². The van der Waals surface area contributed by atoms with E-state index in [1.54, 1.807) is 12.1 Å². The summed E-state index contributed by atoms with van der Waals surface area (Å²) in [4.78, 5) is 2.30. The van der Waals surface area contributed by atoms with Crippen LogP contribution in [0.2, 0.25) is 5.02 Å². The Hall–Kier alpha value is -1.52. The van der Waals surface area contributed by atoms with Crippen molar-refractivity contribution in [2.24, 2.45) is 0 Å². The van der Waals surface area contributed by atoms with Gasteiger partial charge in [-0.05, 0) is 44.5 Å². The molecule has 3 rings (SSSR count). The molecule has 0 radical (unpaired) electrons. The van der Waals surface area contributed by atoms with E-state index in [1.807, 2.05) is 19.1 Å². The Morgan fingerprint density at radius 2 is 2.30 bits per heavy atom. The van der Waals surface area contributed by atoms with Gasteiger partial charge in [-0.25, -0.2) is 0 Å². The fraction of sp³-hybridized carbons (Fsp3) is 0.400. The lowest BCUT2D eigenvalue weighted by Crippen LogP contribution is -2.22. The summed E-state index contributed by atoms with van der Waals surface area (Å²) in [5.74, 6) is 1.19. The fourth-order valence-corrected chi connectivity index (χ4v) is 2.97. The van der Waals surface area contributed by atoms with Gasteiger partial charge in [-0.15, -0.1) is 0 Å². The maximum Gasteiger partial charge on any atom is 0.154 e. The molecule has 0 amide bonds. The van der Waals surface area contributed by atoms with Gasteiger partial charge in [0, 0.05) is 23.2 Å². The minimum Gasteiger partial charge on any atom is -0.508 e. The first-order chi connectivity index (χ1) is 9.63. The number of halogens is 1. The van der Waals surface area contributed by atoms with E-state index in [0.29, 0.717) is 11.6 Å². The van der Waals surface area contributed by atoms with Crippen molar-refractivity contribution in [1.82, 2.24) is 10.1 Å². The van der Waals surface area contributed by atoms with Crippen LogP contribution in [0.3, 0.4) is 0 Å². The zero-order valence-electron chi connectivity index (χ0n) is 11.3. The summed E-state index contributed by atoms with van der Waals surface area (Å²) in [5.41, 5.74) is 1.75. The quantitative estimate of drug-likeness (QED) is 0.937. The zero-order valence-corrected chi connectivity index (χ0v) is 12.1. The van der Waals surface area contributed by atoms with Crippen molar-refractivity contribution in [1.29, 1.82) is 0 Å². The van der Waals surface area contributed by atoms with Crippen molar-refractivity contribution in [2.45, 2.75) is 32.4 Å². The number of benzene rings is 1. The van der Waals surface area contributed by atoms with E-state index in [0.717, 1.165) is 36.4 Å². The van der Waals surface area contributed by atoms with Crippen molar-refractivity contribution in [3.8, 4) is 5.75 Å². The molecule has 1 atom stereocenters. The summed E-state index contributed by atoms with van der Waals surface area (Å²) in [7, 11) is 0. The number of phenolic OH excluding ortho intramolecular Hbond substituents is 1. The second kappa shape index (κ2) is 5.46. The van der Waals surface area contributed by atoms with Crippen LogP contribution in [0.25, 0.3) is 0 Å². The Labute approximate surface area is 122 Å². The highest BCUT2D eigenvalue weighted by atomic mass is 35.5. The molecule has 1 aliphatic heterocycles. The predicted octanol–water partition coefficient (Wildman–Crippen LogP) is 3.68. The number of hydrogen-bond donors (Lipinski definition) is 1. The van der Waals surface area contributed by atoms with E-state index in [2.05, 4.69) is 10.1 Å². The third-order valence-electron chi connectivity index (χ3n) is 3.75. The van der Waals surface area contributed by atoms with Gasteiger partial charge in [0.25, 0.3) is 0 Å². The third kappa shape index (κ3) is 2.67. The number of likely N-dealkylation sites (tertiary alicyclic amines) is 1. The molecule has 5 heteroatoms. The maximum absolute atomic E-state index is 9.94. The highest BCUT2D eigenvalue weighted by molar-refractivity contribution is 6.30. The smallest absolute Gasteiger partial charge is 0.154 e. The molecule has 1 saturated heterocycles. The summed E-state index contributed by atoms with van der Waals surface area (Å²) >= 11 is 6.00. The standard InChI is InChI=1S/C15H17ClN2O2/c1-10-7-15(20-17-10)13-3-2-6-18(13)9-11-8-12(16)4-5-14(11)19/h4-5,7-8,13,19H,2-3,6,9H2,1H3/t13-/m0/s1. The van der Waals surface area contributed by atoms with Gasteiger partial charge in [-0.2, -0.15) is 0 Å². The minimum atomic E-state index is 0.231. The monoisotopic (exact) mass is 292 g/mol. The molecule has 0 unspecified atom stereocenters. The molecule has 2 aromatic rings. The van der Waals surface area contributed by atoms with E-state index >= 15 is 0 Å². The van der Waals surface area contributed by atoms with Crippen LogP contribution in [0.4, 0.5) is 0 Å². The Morgan fingerprint density at radius 1 is 1.45 bits per heavy atom. The van der Waals surface area contributed by atoms with Crippen LogP contribution in [-0.4, -0.2) is 21.7 Å². The third-order valence-corrected chi connectivity index (χ3v) is 3.99. The summed E-state index contributed by atoms with van der Waals surface area (Å²) in [6.07, 6.45) is 2.17. The Morgan fingerprint density at radius 3 is 3.05 bits per heavy atom. The SMILES string of the molecule is Cc1cc([C@@H]2CCCN2Cc2cc(Cl)ccc2O)on1. The zero-order chi connectivity index (χ0) is 14.1. The van der Waals surface area contributed by atoms with Crippen LogP contribution < -0.4 is 0 Å². The molecule has 0 bridgehead atoms. The molecule has 0 aliphatic carbocycles. The highest BCUT2D eigenvalue weighted by Crippen LogP contribution is 2.35. The summed E-state index contributed by atoms with van der Waals surface area (Å²) in [6, 6.07) is 7.37. The van der Waals surface area contributed by atoms with Crippen LogP contribution in [-0.2, 0) is 6.54 Å². The molecule has 106 valence electrons. The Kier molecular flexibility index (Phi) is 3.68. The van der Waals surface area contributed by atoms with Crippen molar-refractivity contribution in [3.63, 3.8) is 0 Å². The van der Waals surface area contributed by atoms with Crippen LogP contribution in [0.15, 0.2) is 28.8 Å². The van der Waals surface area contributed by atoms with Gasteiger partial charge in [-0.3, -0.25) is 4.90 Å². The lowest BCUT2D eigenvalue weighted by molar-refractivity contribution is 0.204.